The maximum Gasteiger partial charge on any atom is 0.269 e. The molecule has 1 aromatic heterocycles. The third-order valence-corrected chi connectivity index (χ3v) is 4.74. The molecular weight excluding hydrogens is 366 g/mol. The average molecular weight is 383 g/mol. The minimum absolute atomic E-state index is 0.285. The summed E-state index contributed by atoms with van der Waals surface area (Å²) in [6.07, 6.45) is 0. The van der Waals surface area contributed by atoms with Gasteiger partial charge in [0.05, 0.1) is 12.8 Å². The Morgan fingerprint density at radius 1 is 1.04 bits per heavy atom. The van der Waals surface area contributed by atoms with Gasteiger partial charge in [-0.05, 0) is 48.1 Å². The second-order valence-corrected chi connectivity index (χ2v) is 6.65. The molecule has 3 N–H and O–H groups in total. The standard InChI is InChI=1S/C19H17N3O2S2/c1-24-16-9-7-14(8-10-16)18(23)21-22-19(25)20-15-11-17(26-12-15)13-5-3-2-4-6-13/h2-12H,1H3,(H,21,23)(H2,20,22,25). The van der Waals surface area contributed by atoms with E-state index in [4.69, 9.17) is 17.0 Å². The van der Waals surface area contributed by atoms with E-state index in [0.717, 1.165) is 16.1 Å². The van der Waals surface area contributed by atoms with E-state index >= 15 is 0 Å². The average Bonchev–Trinajstić information content (AvgIpc) is 3.15. The molecule has 1 heterocycles. The van der Waals surface area contributed by atoms with Crippen molar-refractivity contribution in [1.82, 2.24) is 10.9 Å². The van der Waals surface area contributed by atoms with Crippen LogP contribution in [0.1, 0.15) is 10.4 Å². The Morgan fingerprint density at radius 3 is 2.46 bits per heavy atom. The molecule has 132 valence electrons. The number of hydrogen-bond acceptors (Lipinski definition) is 4. The highest BCUT2D eigenvalue weighted by Gasteiger charge is 2.07. The van der Waals surface area contributed by atoms with E-state index < -0.39 is 0 Å². The number of methoxy groups -OCH3 is 1. The lowest BCUT2D eigenvalue weighted by Crippen LogP contribution is -2.43. The molecule has 7 heteroatoms. The first-order valence-corrected chi connectivity index (χ1v) is 9.10. The van der Waals surface area contributed by atoms with Gasteiger partial charge in [0, 0.05) is 15.8 Å². The van der Waals surface area contributed by atoms with Crippen LogP contribution in [-0.4, -0.2) is 18.1 Å². The van der Waals surface area contributed by atoms with Crippen LogP contribution in [0.2, 0.25) is 0 Å². The molecule has 0 aliphatic heterocycles. The van der Waals surface area contributed by atoms with Crippen LogP contribution in [0.5, 0.6) is 5.75 Å². The lowest BCUT2D eigenvalue weighted by molar-refractivity contribution is 0.0944. The third-order valence-electron chi connectivity index (χ3n) is 3.56. The number of anilines is 1. The molecule has 0 aliphatic rings. The van der Waals surface area contributed by atoms with Crippen molar-refractivity contribution >= 4 is 40.3 Å². The van der Waals surface area contributed by atoms with Crippen LogP contribution in [0.25, 0.3) is 10.4 Å². The van der Waals surface area contributed by atoms with Gasteiger partial charge in [0.2, 0.25) is 0 Å². The Morgan fingerprint density at radius 2 is 1.77 bits per heavy atom. The van der Waals surface area contributed by atoms with Gasteiger partial charge in [0.1, 0.15) is 5.75 Å². The lowest BCUT2D eigenvalue weighted by Gasteiger charge is -2.10. The maximum absolute atomic E-state index is 12.1. The van der Waals surface area contributed by atoms with Crippen LogP contribution < -0.4 is 20.9 Å². The number of carbonyl (C=O) groups is 1. The van der Waals surface area contributed by atoms with Gasteiger partial charge in [-0.3, -0.25) is 15.6 Å². The van der Waals surface area contributed by atoms with Crippen molar-refractivity contribution in [3.05, 3.63) is 71.6 Å². The van der Waals surface area contributed by atoms with E-state index in [9.17, 15) is 4.79 Å². The summed E-state index contributed by atoms with van der Waals surface area (Å²) in [6.45, 7) is 0. The molecule has 0 aliphatic carbocycles. The van der Waals surface area contributed by atoms with Crippen LogP contribution in [0.3, 0.4) is 0 Å². The number of hydrogen-bond donors (Lipinski definition) is 3. The Balaban J connectivity index is 1.52. The second kappa shape index (κ2) is 8.46. The van der Waals surface area contributed by atoms with Crippen molar-refractivity contribution < 1.29 is 9.53 Å². The molecule has 0 fully saturated rings. The molecule has 0 saturated carbocycles. The molecule has 0 bridgehead atoms. The third kappa shape index (κ3) is 4.59. The molecule has 0 unspecified atom stereocenters. The van der Waals surface area contributed by atoms with Crippen molar-refractivity contribution in [2.45, 2.75) is 0 Å². The largest absolute Gasteiger partial charge is 0.497 e. The Labute approximate surface area is 161 Å². The highest BCUT2D eigenvalue weighted by Crippen LogP contribution is 2.29. The van der Waals surface area contributed by atoms with Crippen LogP contribution in [0, 0.1) is 0 Å². The number of amides is 1. The van der Waals surface area contributed by atoms with Gasteiger partial charge < -0.3 is 10.1 Å². The number of thiophene rings is 1. The summed E-state index contributed by atoms with van der Waals surface area (Å²) in [5, 5.41) is 5.34. The number of carbonyl (C=O) groups excluding carboxylic acids is 1. The van der Waals surface area contributed by atoms with Crippen molar-refractivity contribution in [2.24, 2.45) is 0 Å². The Hall–Kier alpha value is -2.90. The molecule has 3 aromatic rings. The van der Waals surface area contributed by atoms with E-state index in [0.29, 0.717) is 16.4 Å². The fraction of sp³-hybridized carbons (Fsp3) is 0.0526. The van der Waals surface area contributed by atoms with Gasteiger partial charge >= 0.3 is 0 Å². The van der Waals surface area contributed by atoms with Crippen LogP contribution in [0.15, 0.2) is 66.0 Å². The molecule has 5 nitrogen and oxygen atoms in total. The van der Waals surface area contributed by atoms with E-state index in [2.05, 4.69) is 28.3 Å². The van der Waals surface area contributed by atoms with Gasteiger partial charge in [-0.1, -0.05) is 30.3 Å². The summed E-state index contributed by atoms with van der Waals surface area (Å²) < 4.78 is 5.07. The van der Waals surface area contributed by atoms with E-state index in [1.807, 2.05) is 29.6 Å². The quantitative estimate of drug-likeness (QED) is 0.469. The molecule has 26 heavy (non-hydrogen) atoms. The molecule has 0 saturated heterocycles. The Kier molecular flexibility index (Phi) is 5.83. The predicted octanol–water partition coefficient (Wildman–Crippen LogP) is 4.06. The van der Waals surface area contributed by atoms with Gasteiger partial charge in [0.25, 0.3) is 5.91 Å². The number of thiocarbonyl (C=S) groups is 1. The lowest BCUT2D eigenvalue weighted by atomic mass is 10.2. The monoisotopic (exact) mass is 383 g/mol. The smallest absolute Gasteiger partial charge is 0.269 e. The van der Waals surface area contributed by atoms with Crippen molar-refractivity contribution in [3.8, 4) is 16.2 Å². The van der Waals surface area contributed by atoms with Gasteiger partial charge in [-0.2, -0.15) is 0 Å². The molecule has 0 spiro atoms. The molecule has 2 aromatic carbocycles. The summed E-state index contributed by atoms with van der Waals surface area (Å²) in [6, 6.07) is 18.9. The predicted molar refractivity (Wildman–Crippen MR) is 110 cm³/mol. The molecular formula is C19H17N3O2S2. The molecule has 0 atom stereocenters. The number of nitrogens with one attached hydrogen (secondary N) is 3. The second-order valence-electron chi connectivity index (χ2n) is 5.33. The van der Waals surface area contributed by atoms with E-state index in [1.165, 1.54) is 0 Å². The zero-order chi connectivity index (χ0) is 18.4. The van der Waals surface area contributed by atoms with E-state index in [1.54, 1.807) is 42.7 Å². The first kappa shape index (κ1) is 17.9. The van der Waals surface area contributed by atoms with Crippen molar-refractivity contribution in [3.63, 3.8) is 0 Å². The number of hydrazine groups is 1. The number of ether oxygens (including phenoxy) is 1. The number of benzene rings is 2. The maximum atomic E-state index is 12.1. The summed E-state index contributed by atoms with van der Waals surface area (Å²) >= 11 is 6.84. The number of rotatable bonds is 4. The summed E-state index contributed by atoms with van der Waals surface area (Å²) in [4.78, 5) is 13.2. The van der Waals surface area contributed by atoms with Crippen molar-refractivity contribution in [2.75, 3.05) is 12.4 Å². The SMILES string of the molecule is COc1ccc(C(=O)NNC(=S)Nc2csc(-c3ccccc3)c2)cc1. The highest BCUT2D eigenvalue weighted by atomic mass is 32.1. The minimum Gasteiger partial charge on any atom is -0.497 e. The van der Waals surface area contributed by atoms with Crippen LogP contribution in [-0.2, 0) is 0 Å². The fourth-order valence-corrected chi connectivity index (χ4v) is 3.26. The van der Waals surface area contributed by atoms with E-state index in [-0.39, 0.29) is 5.91 Å². The first-order valence-electron chi connectivity index (χ1n) is 7.81. The normalized spacial score (nSPS) is 10.0. The topological polar surface area (TPSA) is 62.4 Å². The summed E-state index contributed by atoms with van der Waals surface area (Å²) in [7, 11) is 1.58. The molecule has 0 radical (unpaired) electrons. The van der Waals surface area contributed by atoms with Crippen molar-refractivity contribution in [1.29, 1.82) is 0 Å². The summed E-state index contributed by atoms with van der Waals surface area (Å²) in [5.41, 5.74) is 7.78. The Bertz CT molecular complexity index is 893. The van der Waals surface area contributed by atoms with Crippen LogP contribution in [0.4, 0.5) is 5.69 Å². The summed E-state index contributed by atoms with van der Waals surface area (Å²) in [5.74, 6) is 0.408. The zero-order valence-electron chi connectivity index (χ0n) is 14.0. The minimum atomic E-state index is -0.285. The van der Waals surface area contributed by atoms with Gasteiger partial charge in [-0.15, -0.1) is 11.3 Å². The highest BCUT2D eigenvalue weighted by molar-refractivity contribution is 7.80. The fourth-order valence-electron chi connectivity index (χ4n) is 2.25. The van der Waals surface area contributed by atoms with Gasteiger partial charge in [-0.25, -0.2) is 0 Å². The van der Waals surface area contributed by atoms with Crippen LogP contribution >= 0.6 is 23.6 Å². The molecule has 1 amide bonds. The van der Waals surface area contributed by atoms with Gasteiger partial charge in [0.15, 0.2) is 5.11 Å². The zero-order valence-corrected chi connectivity index (χ0v) is 15.6. The molecule has 3 rings (SSSR count). The first-order chi connectivity index (χ1) is 12.7.